The summed E-state index contributed by atoms with van der Waals surface area (Å²) in [5.74, 6) is -0.279. The molecule has 1 aromatic heterocycles. The van der Waals surface area contributed by atoms with Crippen LogP contribution in [0.15, 0.2) is 30.6 Å². The van der Waals surface area contributed by atoms with Gasteiger partial charge in [0, 0.05) is 30.0 Å². The molecule has 0 bridgehead atoms. The molecule has 0 radical (unpaired) electrons. The number of halogens is 2. The van der Waals surface area contributed by atoms with E-state index in [1.54, 1.807) is 24.4 Å². The van der Waals surface area contributed by atoms with E-state index in [0.717, 1.165) is 5.82 Å². The van der Waals surface area contributed by atoms with Crippen molar-refractivity contribution >= 4 is 23.2 Å². The minimum atomic E-state index is -1.08. The Morgan fingerprint density at radius 1 is 1.45 bits per heavy atom. The first-order chi connectivity index (χ1) is 10.5. The number of hydrogen-bond donors (Lipinski definition) is 1. The number of nitrogens with zero attached hydrogens (tertiary/aromatic N) is 2. The molecular weight excluding hydrogens is 327 g/mol. The molecule has 0 unspecified atom stereocenters. The number of imidazole rings is 1. The van der Waals surface area contributed by atoms with Gasteiger partial charge in [0.25, 0.3) is 0 Å². The number of aliphatic hydroxyl groups excluding tert-OH is 1. The largest absolute Gasteiger partial charge is 0.394 e. The first kappa shape index (κ1) is 15.8. The summed E-state index contributed by atoms with van der Waals surface area (Å²) in [6, 6.07) is 5.17. The summed E-state index contributed by atoms with van der Waals surface area (Å²) < 4.78 is 13.8. The first-order valence-corrected chi connectivity index (χ1v) is 7.64. The zero-order valence-corrected chi connectivity index (χ0v) is 13.5. The molecule has 1 aliphatic heterocycles. The Balaban J connectivity index is 2.02. The summed E-state index contributed by atoms with van der Waals surface area (Å²) in [6.45, 7) is 0.174. The fourth-order valence-corrected chi connectivity index (χ4v) is 3.11. The molecule has 2 aromatic rings. The second-order valence-corrected chi connectivity index (χ2v) is 6.09. The van der Waals surface area contributed by atoms with E-state index in [2.05, 4.69) is 4.98 Å². The van der Waals surface area contributed by atoms with Crippen molar-refractivity contribution in [3.8, 4) is 0 Å². The van der Waals surface area contributed by atoms with Crippen LogP contribution in [0.2, 0.25) is 10.0 Å². The van der Waals surface area contributed by atoms with Gasteiger partial charge in [0.1, 0.15) is 11.9 Å². The Labute approximate surface area is 138 Å². The number of rotatable bonds is 4. The summed E-state index contributed by atoms with van der Waals surface area (Å²) in [5, 5.41) is 10.4. The van der Waals surface area contributed by atoms with Gasteiger partial charge in [-0.2, -0.15) is 0 Å². The van der Waals surface area contributed by atoms with Gasteiger partial charge >= 0.3 is 0 Å². The maximum Gasteiger partial charge on any atom is 0.204 e. The van der Waals surface area contributed by atoms with Crippen LogP contribution in [0.5, 0.6) is 0 Å². The van der Waals surface area contributed by atoms with Crippen molar-refractivity contribution in [3.63, 3.8) is 0 Å². The van der Waals surface area contributed by atoms with Crippen LogP contribution in [0.4, 0.5) is 0 Å². The Morgan fingerprint density at radius 3 is 2.86 bits per heavy atom. The monoisotopic (exact) mass is 342 g/mol. The van der Waals surface area contributed by atoms with Gasteiger partial charge in [0.2, 0.25) is 5.79 Å². The molecule has 1 fully saturated rings. The molecule has 0 amide bonds. The third-order valence-electron chi connectivity index (χ3n) is 3.72. The van der Waals surface area contributed by atoms with E-state index in [0.29, 0.717) is 28.6 Å². The Hall–Kier alpha value is -1.11. The zero-order valence-electron chi connectivity index (χ0n) is 12.0. The highest BCUT2D eigenvalue weighted by Crippen LogP contribution is 2.41. The smallest absolute Gasteiger partial charge is 0.204 e. The fraction of sp³-hybridized carbons (Fsp3) is 0.400. The number of aliphatic hydroxyl groups is 1. The third kappa shape index (κ3) is 2.87. The Morgan fingerprint density at radius 2 is 2.27 bits per heavy atom. The van der Waals surface area contributed by atoms with Gasteiger partial charge in [-0.25, -0.2) is 4.98 Å². The van der Waals surface area contributed by atoms with Gasteiger partial charge in [-0.05, 0) is 12.1 Å². The first-order valence-electron chi connectivity index (χ1n) is 6.88. The lowest BCUT2D eigenvalue weighted by atomic mass is 10.0. The quantitative estimate of drug-likeness (QED) is 0.927. The van der Waals surface area contributed by atoms with Crippen molar-refractivity contribution in [3.05, 3.63) is 52.0 Å². The second-order valence-electron chi connectivity index (χ2n) is 5.24. The molecule has 0 aliphatic carbocycles. The molecule has 1 aliphatic rings. The standard InChI is InChI=1S/C15H16Cl2N2O3/c1-19-5-4-18-14(19)7-15(21-9-11(8-20)22-15)12-3-2-10(16)6-13(12)17/h2-6,11,20H,7-9H2,1H3/t11-,15+/m1/s1. The van der Waals surface area contributed by atoms with Crippen LogP contribution >= 0.6 is 23.2 Å². The number of aromatic nitrogens is 2. The molecule has 1 N–H and O–H groups in total. The normalized spacial score (nSPS) is 24.8. The molecular formula is C15H16Cl2N2O3. The lowest BCUT2D eigenvalue weighted by Crippen LogP contribution is -2.33. The minimum absolute atomic E-state index is 0.118. The highest BCUT2D eigenvalue weighted by molar-refractivity contribution is 6.35. The molecule has 0 spiro atoms. The van der Waals surface area contributed by atoms with Crippen LogP contribution < -0.4 is 0 Å². The average molecular weight is 343 g/mol. The molecule has 0 saturated carbocycles. The maximum atomic E-state index is 9.36. The lowest BCUT2D eigenvalue weighted by molar-refractivity contribution is -0.180. The summed E-state index contributed by atoms with van der Waals surface area (Å²) in [7, 11) is 1.90. The van der Waals surface area contributed by atoms with Crippen LogP contribution in [0.25, 0.3) is 0 Å². The van der Waals surface area contributed by atoms with Gasteiger partial charge in [0.15, 0.2) is 0 Å². The van der Waals surface area contributed by atoms with Crippen LogP contribution in [0.1, 0.15) is 11.4 Å². The van der Waals surface area contributed by atoms with Crippen LogP contribution in [0.3, 0.4) is 0 Å². The van der Waals surface area contributed by atoms with E-state index in [1.807, 2.05) is 17.8 Å². The summed E-state index contributed by atoms with van der Waals surface area (Å²) >= 11 is 12.3. The second kappa shape index (κ2) is 6.18. The number of aryl methyl sites for hydroxylation is 1. The van der Waals surface area contributed by atoms with E-state index in [9.17, 15) is 5.11 Å². The van der Waals surface area contributed by atoms with E-state index in [-0.39, 0.29) is 6.61 Å². The highest BCUT2D eigenvalue weighted by Gasteiger charge is 2.45. The Kier molecular flexibility index (Phi) is 4.43. The van der Waals surface area contributed by atoms with Gasteiger partial charge in [-0.1, -0.05) is 29.3 Å². The number of hydrogen-bond acceptors (Lipinski definition) is 4. The van der Waals surface area contributed by atoms with Crippen molar-refractivity contribution in [2.45, 2.75) is 18.3 Å². The molecule has 2 heterocycles. The zero-order chi connectivity index (χ0) is 15.7. The third-order valence-corrected chi connectivity index (χ3v) is 4.26. The topological polar surface area (TPSA) is 56.5 Å². The van der Waals surface area contributed by atoms with E-state index < -0.39 is 11.9 Å². The molecule has 1 saturated heterocycles. The predicted molar refractivity (Wildman–Crippen MR) is 83.0 cm³/mol. The molecule has 118 valence electrons. The van der Waals surface area contributed by atoms with Gasteiger partial charge in [0.05, 0.1) is 24.7 Å². The van der Waals surface area contributed by atoms with Gasteiger partial charge < -0.3 is 19.1 Å². The van der Waals surface area contributed by atoms with Crippen molar-refractivity contribution in [1.29, 1.82) is 0 Å². The molecule has 7 heteroatoms. The van der Waals surface area contributed by atoms with E-state index in [1.165, 1.54) is 0 Å². The number of benzene rings is 1. The predicted octanol–water partition coefficient (Wildman–Crippen LogP) is 2.53. The van der Waals surface area contributed by atoms with Crippen LogP contribution in [0, 0.1) is 0 Å². The summed E-state index contributed by atoms with van der Waals surface area (Å²) in [6.07, 6.45) is 3.55. The van der Waals surface area contributed by atoms with Gasteiger partial charge in [-0.15, -0.1) is 0 Å². The molecule has 5 nitrogen and oxygen atoms in total. The Bertz CT molecular complexity index is 677. The van der Waals surface area contributed by atoms with E-state index >= 15 is 0 Å². The maximum absolute atomic E-state index is 9.36. The van der Waals surface area contributed by atoms with Crippen LogP contribution in [-0.2, 0) is 28.7 Å². The summed E-state index contributed by atoms with van der Waals surface area (Å²) in [4.78, 5) is 4.32. The minimum Gasteiger partial charge on any atom is -0.394 e. The van der Waals surface area contributed by atoms with Crippen molar-refractivity contribution < 1.29 is 14.6 Å². The highest BCUT2D eigenvalue weighted by atomic mass is 35.5. The SMILES string of the molecule is Cn1ccnc1C[C@]1(c2ccc(Cl)cc2Cl)OC[C@@H](CO)O1. The van der Waals surface area contributed by atoms with Crippen molar-refractivity contribution in [1.82, 2.24) is 9.55 Å². The average Bonchev–Trinajstić information content (AvgIpc) is 3.07. The fourth-order valence-electron chi connectivity index (χ4n) is 2.56. The lowest BCUT2D eigenvalue weighted by Gasteiger charge is -2.29. The van der Waals surface area contributed by atoms with Crippen LogP contribution in [-0.4, -0.2) is 34.0 Å². The van der Waals surface area contributed by atoms with Crippen molar-refractivity contribution in [2.75, 3.05) is 13.2 Å². The number of ether oxygens (including phenoxy) is 2. The molecule has 2 atom stereocenters. The van der Waals surface area contributed by atoms with Crippen molar-refractivity contribution in [2.24, 2.45) is 7.05 Å². The van der Waals surface area contributed by atoms with E-state index in [4.69, 9.17) is 32.7 Å². The van der Waals surface area contributed by atoms with Gasteiger partial charge in [-0.3, -0.25) is 0 Å². The molecule has 1 aromatic carbocycles. The summed E-state index contributed by atoms with van der Waals surface area (Å²) in [5.41, 5.74) is 0.678. The molecule has 22 heavy (non-hydrogen) atoms. The molecule has 3 rings (SSSR count).